The average molecular weight is 472 g/mol. The van der Waals surface area contributed by atoms with Crippen LogP contribution in [0.1, 0.15) is 29.8 Å². The lowest BCUT2D eigenvalue weighted by molar-refractivity contribution is -0.0440. The van der Waals surface area contributed by atoms with Crippen LogP contribution in [0.5, 0.6) is 0 Å². The van der Waals surface area contributed by atoms with Gasteiger partial charge in [0, 0.05) is 29.6 Å². The van der Waals surface area contributed by atoms with Gasteiger partial charge in [-0.1, -0.05) is 29.8 Å². The molecule has 2 unspecified atom stereocenters. The normalized spacial score (nSPS) is 19.6. The Balaban J connectivity index is 1.45. The summed E-state index contributed by atoms with van der Waals surface area (Å²) in [6, 6.07) is 14.0. The number of carbonyl (C=O) groups is 1. The Morgan fingerprint density at radius 2 is 1.69 bits per heavy atom. The van der Waals surface area contributed by atoms with Crippen molar-refractivity contribution in [2.45, 2.75) is 37.9 Å². The maximum Gasteiger partial charge on any atom is 0.257 e. The molecule has 0 radical (unpaired) electrons. The second-order valence-corrected chi connectivity index (χ2v) is 10.8. The van der Waals surface area contributed by atoms with Crippen LogP contribution in [-0.2, 0) is 14.8 Å². The van der Waals surface area contributed by atoms with Crippen LogP contribution in [0.15, 0.2) is 58.8 Å². The fraction of sp³-hybridized carbons (Fsp3) is 0.304. The van der Waals surface area contributed by atoms with Crippen molar-refractivity contribution in [2.75, 3.05) is 18.4 Å². The standard InChI is InChI=1S/C23H25N3O4S2/c1-15-4-6-18(7-5-15)21-14-31-23(24-21)25-22(27)19-8-10-20(11-9-19)32(28,29)26-12-16(2)30-17(3)13-26/h4-11,14,16-17H,12-13H2,1-3H3,(H,24,25,27). The second-order valence-electron chi connectivity index (χ2n) is 7.96. The van der Waals surface area contributed by atoms with Gasteiger partial charge in [-0.15, -0.1) is 11.3 Å². The topological polar surface area (TPSA) is 88.6 Å². The summed E-state index contributed by atoms with van der Waals surface area (Å²) >= 11 is 1.34. The number of sulfonamides is 1. The van der Waals surface area contributed by atoms with Gasteiger partial charge in [-0.2, -0.15) is 4.31 Å². The first-order valence-electron chi connectivity index (χ1n) is 10.3. The van der Waals surface area contributed by atoms with Crippen LogP contribution in [0, 0.1) is 6.92 Å². The molecule has 4 rings (SSSR count). The molecule has 168 valence electrons. The fourth-order valence-corrected chi connectivity index (χ4v) is 5.92. The minimum atomic E-state index is -3.65. The number of anilines is 1. The number of nitrogens with zero attached hydrogens (tertiary/aromatic N) is 2. The van der Waals surface area contributed by atoms with E-state index in [0.29, 0.717) is 23.8 Å². The van der Waals surface area contributed by atoms with Gasteiger partial charge >= 0.3 is 0 Å². The molecule has 0 bridgehead atoms. The summed E-state index contributed by atoms with van der Waals surface area (Å²) in [6.45, 7) is 6.35. The molecule has 32 heavy (non-hydrogen) atoms. The Morgan fingerprint density at radius 3 is 2.31 bits per heavy atom. The van der Waals surface area contributed by atoms with Crippen LogP contribution in [0.2, 0.25) is 0 Å². The molecule has 2 heterocycles. The Morgan fingerprint density at radius 1 is 1.06 bits per heavy atom. The predicted molar refractivity (Wildman–Crippen MR) is 125 cm³/mol. The average Bonchev–Trinajstić information content (AvgIpc) is 3.22. The predicted octanol–water partition coefficient (Wildman–Crippen LogP) is 4.17. The number of thiazole rings is 1. The number of aromatic nitrogens is 1. The monoisotopic (exact) mass is 471 g/mol. The zero-order valence-corrected chi connectivity index (χ0v) is 19.7. The van der Waals surface area contributed by atoms with E-state index in [0.717, 1.165) is 11.3 Å². The third-order valence-electron chi connectivity index (χ3n) is 5.21. The summed E-state index contributed by atoms with van der Waals surface area (Å²) in [5.74, 6) is -0.340. The molecule has 0 spiro atoms. The lowest BCUT2D eigenvalue weighted by Gasteiger charge is -2.34. The van der Waals surface area contributed by atoms with Crippen LogP contribution in [-0.4, -0.2) is 48.9 Å². The number of nitrogens with one attached hydrogen (secondary N) is 1. The lowest BCUT2D eigenvalue weighted by atomic mass is 10.1. The molecule has 2 atom stereocenters. The molecule has 9 heteroatoms. The highest BCUT2D eigenvalue weighted by atomic mass is 32.2. The quantitative estimate of drug-likeness (QED) is 0.603. The first-order chi connectivity index (χ1) is 15.2. The van der Waals surface area contributed by atoms with Crippen molar-refractivity contribution in [1.82, 2.24) is 9.29 Å². The van der Waals surface area contributed by atoms with Gasteiger partial charge in [-0.3, -0.25) is 10.1 Å². The highest BCUT2D eigenvalue weighted by molar-refractivity contribution is 7.89. The third-order valence-corrected chi connectivity index (χ3v) is 7.82. The van der Waals surface area contributed by atoms with E-state index in [-0.39, 0.29) is 23.0 Å². The van der Waals surface area contributed by atoms with Crippen LogP contribution >= 0.6 is 11.3 Å². The number of benzene rings is 2. The molecule has 2 aromatic carbocycles. The van der Waals surface area contributed by atoms with Crippen molar-refractivity contribution < 1.29 is 17.9 Å². The summed E-state index contributed by atoms with van der Waals surface area (Å²) < 4.78 is 33.0. The lowest BCUT2D eigenvalue weighted by Crippen LogP contribution is -2.48. The van der Waals surface area contributed by atoms with Gasteiger partial charge in [0.1, 0.15) is 0 Å². The largest absolute Gasteiger partial charge is 0.373 e. The Bertz CT molecular complexity index is 1190. The van der Waals surface area contributed by atoms with E-state index in [1.165, 1.54) is 45.5 Å². The van der Waals surface area contributed by atoms with E-state index in [4.69, 9.17) is 4.74 Å². The highest BCUT2D eigenvalue weighted by Crippen LogP contribution is 2.26. The molecule has 1 amide bonds. The van der Waals surface area contributed by atoms with E-state index in [9.17, 15) is 13.2 Å². The van der Waals surface area contributed by atoms with Crippen molar-refractivity contribution >= 4 is 32.4 Å². The SMILES string of the molecule is Cc1ccc(-c2csc(NC(=O)c3ccc(S(=O)(=O)N4CC(C)OC(C)C4)cc3)n2)cc1. The Kier molecular flexibility index (Phi) is 6.43. The van der Waals surface area contributed by atoms with Crippen molar-refractivity contribution in [3.63, 3.8) is 0 Å². The number of carbonyl (C=O) groups excluding carboxylic acids is 1. The van der Waals surface area contributed by atoms with Gasteiger partial charge in [0.25, 0.3) is 5.91 Å². The van der Waals surface area contributed by atoms with Gasteiger partial charge in [-0.25, -0.2) is 13.4 Å². The molecule has 0 aliphatic carbocycles. The highest BCUT2D eigenvalue weighted by Gasteiger charge is 2.32. The van der Waals surface area contributed by atoms with Crippen LogP contribution in [0.3, 0.4) is 0 Å². The molecule has 1 saturated heterocycles. The van der Waals surface area contributed by atoms with Gasteiger partial charge in [0.2, 0.25) is 10.0 Å². The van der Waals surface area contributed by atoms with Crippen molar-refractivity contribution in [2.24, 2.45) is 0 Å². The summed E-state index contributed by atoms with van der Waals surface area (Å²) in [4.78, 5) is 17.3. The zero-order valence-electron chi connectivity index (χ0n) is 18.1. The van der Waals surface area contributed by atoms with E-state index >= 15 is 0 Å². The van der Waals surface area contributed by atoms with Gasteiger partial charge < -0.3 is 4.74 Å². The fourth-order valence-electron chi connectivity index (χ4n) is 3.61. The van der Waals surface area contributed by atoms with Crippen molar-refractivity contribution in [3.05, 3.63) is 65.0 Å². The number of ether oxygens (including phenoxy) is 1. The van der Waals surface area contributed by atoms with E-state index < -0.39 is 10.0 Å². The number of amides is 1. The van der Waals surface area contributed by atoms with Gasteiger partial charge in [-0.05, 0) is 45.0 Å². The Labute approximate surface area is 192 Å². The molecule has 1 N–H and O–H groups in total. The molecule has 3 aromatic rings. The molecule has 0 saturated carbocycles. The smallest absolute Gasteiger partial charge is 0.257 e. The number of hydrogen-bond acceptors (Lipinski definition) is 6. The molecule has 1 aliphatic rings. The zero-order chi connectivity index (χ0) is 22.9. The minimum Gasteiger partial charge on any atom is -0.373 e. The first kappa shape index (κ1) is 22.6. The van der Waals surface area contributed by atoms with E-state index in [1.54, 1.807) is 0 Å². The number of aryl methyl sites for hydroxylation is 1. The van der Waals surface area contributed by atoms with E-state index in [2.05, 4.69) is 10.3 Å². The van der Waals surface area contributed by atoms with Crippen molar-refractivity contribution in [3.8, 4) is 11.3 Å². The maximum absolute atomic E-state index is 13.0. The molecule has 1 aromatic heterocycles. The van der Waals surface area contributed by atoms with Crippen LogP contribution < -0.4 is 5.32 Å². The number of rotatable bonds is 5. The number of hydrogen-bond donors (Lipinski definition) is 1. The summed E-state index contributed by atoms with van der Waals surface area (Å²) in [5.41, 5.74) is 3.30. The third kappa shape index (κ3) is 4.91. The number of morpholine rings is 1. The van der Waals surface area contributed by atoms with Gasteiger partial charge in [0.05, 0.1) is 22.8 Å². The summed E-state index contributed by atoms with van der Waals surface area (Å²) in [6.07, 6.45) is -0.330. The second kappa shape index (κ2) is 9.11. The van der Waals surface area contributed by atoms with Crippen LogP contribution in [0.25, 0.3) is 11.3 Å². The van der Waals surface area contributed by atoms with Crippen LogP contribution in [0.4, 0.5) is 5.13 Å². The van der Waals surface area contributed by atoms with Gasteiger partial charge in [0.15, 0.2) is 5.13 Å². The summed E-state index contributed by atoms with van der Waals surface area (Å²) in [5, 5.41) is 5.16. The minimum absolute atomic E-state index is 0.159. The first-order valence-corrected chi connectivity index (χ1v) is 12.6. The molecule has 1 aliphatic heterocycles. The molecule has 7 nitrogen and oxygen atoms in total. The molecular formula is C23H25N3O4S2. The molecule has 1 fully saturated rings. The Hall–Kier alpha value is -2.59. The summed E-state index contributed by atoms with van der Waals surface area (Å²) in [7, 11) is -3.65. The van der Waals surface area contributed by atoms with Crippen molar-refractivity contribution in [1.29, 1.82) is 0 Å². The maximum atomic E-state index is 13.0. The van der Waals surface area contributed by atoms with E-state index in [1.807, 2.05) is 50.4 Å². The molecular weight excluding hydrogens is 446 g/mol.